The Kier molecular flexibility index (Phi) is 6.81. The second-order valence-corrected chi connectivity index (χ2v) is 8.38. The van der Waals surface area contributed by atoms with Gasteiger partial charge in [0.1, 0.15) is 5.75 Å². The van der Waals surface area contributed by atoms with Gasteiger partial charge in [-0.1, -0.05) is 18.2 Å². The van der Waals surface area contributed by atoms with E-state index < -0.39 is 0 Å². The van der Waals surface area contributed by atoms with E-state index in [-0.39, 0.29) is 18.6 Å². The highest BCUT2D eigenvalue weighted by Crippen LogP contribution is 2.29. The fourth-order valence-corrected chi connectivity index (χ4v) is 4.37. The molecule has 170 valence electrons. The smallest absolute Gasteiger partial charge is 0.257 e. The summed E-state index contributed by atoms with van der Waals surface area (Å²) in [7, 11) is 4.99. The number of benzene rings is 1. The molecule has 0 bridgehead atoms. The van der Waals surface area contributed by atoms with E-state index in [2.05, 4.69) is 15.1 Å². The molecule has 4 rings (SSSR count). The van der Waals surface area contributed by atoms with Gasteiger partial charge in [-0.25, -0.2) is 9.97 Å². The fourth-order valence-electron chi connectivity index (χ4n) is 3.54. The second-order valence-electron chi connectivity index (χ2n) is 7.40. The normalized spacial score (nSPS) is 11.9. The number of para-hydroxylation sites is 1. The van der Waals surface area contributed by atoms with Gasteiger partial charge in [0.05, 0.1) is 42.9 Å². The summed E-state index contributed by atoms with van der Waals surface area (Å²) in [6.07, 6.45) is 3.21. The third-order valence-corrected chi connectivity index (χ3v) is 6.49. The zero-order valence-electron chi connectivity index (χ0n) is 18.9. The molecule has 1 aromatic carbocycles. The van der Waals surface area contributed by atoms with Crippen molar-refractivity contribution in [2.45, 2.75) is 19.6 Å². The first-order valence-electron chi connectivity index (χ1n) is 10.4. The van der Waals surface area contributed by atoms with Crippen LogP contribution in [0, 0.1) is 0 Å². The molecule has 9 heteroatoms. The molecule has 33 heavy (non-hydrogen) atoms. The van der Waals surface area contributed by atoms with Crippen LogP contribution in [0.4, 0.5) is 0 Å². The Balaban J connectivity index is 1.71. The molecular weight excluding hydrogens is 438 g/mol. The van der Waals surface area contributed by atoms with Crippen LogP contribution in [0.25, 0.3) is 17.2 Å². The first-order valence-corrected chi connectivity index (χ1v) is 11.3. The van der Waals surface area contributed by atoms with Crippen LogP contribution in [-0.4, -0.2) is 51.8 Å². The van der Waals surface area contributed by atoms with Crippen LogP contribution in [0.1, 0.15) is 33.9 Å². The predicted molar refractivity (Wildman–Crippen MR) is 127 cm³/mol. The van der Waals surface area contributed by atoms with Gasteiger partial charge in [0.15, 0.2) is 0 Å². The average molecular weight is 464 g/mol. The third kappa shape index (κ3) is 4.50. The summed E-state index contributed by atoms with van der Waals surface area (Å²) in [5.41, 5.74) is 2.57. The van der Waals surface area contributed by atoms with Crippen LogP contribution in [0.5, 0.6) is 5.75 Å². The third-order valence-electron chi connectivity index (χ3n) is 5.45. The van der Waals surface area contributed by atoms with Crippen molar-refractivity contribution >= 4 is 17.2 Å². The van der Waals surface area contributed by atoms with Gasteiger partial charge in [0, 0.05) is 30.8 Å². The molecule has 8 nitrogen and oxygen atoms in total. The number of ether oxygens (including phenoxy) is 2. The predicted octanol–water partition coefficient (Wildman–Crippen LogP) is 4.38. The maximum absolute atomic E-state index is 13.4. The lowest BCUT2D eigenvalue weighted by Crippen LogP contribution is -2.30. The van der Waals surface area contributed by atoms with Gasteiger partial charge < -0.3 is 14.4 Å². The van der Waals surface area contributed by atoms with Crippen molar-refractivity contribution in [3.05, 3.63) is 76.4 Å². The Morgan fingerprint density at radius 3 is 2.73 bits per heavy atom. The van der Waals surface area contributed by atoms with Gasteiger partial charge in [0.25, 0.3) is 11.9 Å². The molecule has 0 aliphatic carbocycles. The van der Waals surface area contributed by atoms with E-state index in [9.17, 15) is 4.79 Å². The highest BCUT2D eigenvalue weighted by atomic mass is 32.1. The molecule has 0 fully saturated rings. The van der Waals surface area contributed by atoms with Crippen molar-refractivity contribution < 1.29 is 14.3 Å². The largest absolute Gasteiger partial charge is 0.496 e. The monoisotopic (exact) mass is 463 g/mol. The van der Waals surface area contributed by atoms with Gasteiger partial charge in [-0.3, -0.25) is 4.79 Å². The van der Waals surface area contributed by atoms with Crippen molar-refractivity contribution in [1.82, 2.24) is 24.6 Å². The molecule has 0 saturated carbocycles. The number of amides is 1. The van der Waals surface area contributed by atoms with Crippen LogP contribution in [-0.2, 0) is 11.3 Å². The van der Waals surface area contributed by atoms with E-state index in [0.29, 0.717) is 28.6 Å². The lowest BCUT2D eigenvalue weighted by atomic mass is 10.1. The van der Waals surface area contributed by atoms with Crippen molar-refractivity contribution in [3.8, 4) is 23.0 Å². The number of methoxy groups -OCH3 is 2. The van der Waals surface area contributed by atoms with E-state index in [1.54, 1.807) is 54.6 Å². The van der Waals surface area contributed by atoms with Crippen molar-refractivity contribution in [2.75, 3.05) is 21.3 Å². The van der Waals surface area contributed by atoms with Gasteiger partial charge in [-0.05, 0) is 36.6 Å². The fraction of sp³-hybridized carbons (Fsp3) is 0.250. The Morgan fingerprint density at radius 1 is 1.18 bits per heavy atom. The zero-order chi connectivity index (χ0) is 23.4. The lowest BCUT2D eigenvalue weighted by Gasteiger charge is -2.24. The maximum atomic E-state index is 13.4. The Morgan fingerprint density at radius 2 is 2.00 bits per heavy atom. The summed E-state index contributed by atoms with van der Waals surface area (Å²) in [5.74, 6) is 0.910. The van der Waals surface area contributed by atoms with Crippen LogP contribution in [0.15, 0.2) is 60.2 Å². The van der Waals surface area contributed by atoms with Crippen LogP contribution >= 0.6 is 11.3 Å². The molecule has 0 unspecified atom stereocenters. The number of aromatic nitrogens is 4. The second kappa shape index (κ2) is 9.93. The molecule has 3 aromatic heterocycles. The summed E-state index contributed by atoms with van der Waals surface area (Å²) in [6.45, 7) is 2.19. The average Bonchev–Trinajstić information content (AvgIpc) is 3.53. The topological polar surface area (TPSA) is 82.4 Å². The molecule has 1 atom stereocenters. The minimum absolute atomic E-state index is 0.0682. The summed E-state index contributed by atoms with van der Waals surface area (Å²) >= 11 is 1.62. The Bertz CT molecular complexity index is 1240. The summed E-state index contributed by atoms with van der Waals surface area (Å²) in [5, 5.41) is 6.45. The standard InChI is InChI=1S/C24H25N5O3S/c1-16(22-10-7-13-33-22)28(2)23(30)18-14-26-29(20(18)15-31-3)24-25-12-11-19(27-24)17-8-5-6-9-21(17)32-4/h5-14,16H,15H2,1-4H3/t16-/m1/s1. The van der Waals surface area contributed by atoms with Gasteiger partial charge in [-0.2, -0.15) is 9.78 Å². The van der Waals surface area contributed by atoms with Crippen molar-refractivity contribution in [2.24, 2.45) is 0 Å². The van der Waals surface area contributed by atoms with E-state index in [0.717, 1.165) is 10.4 Å². The number of hydrogen-bond acceptors (Lipinski definition) is 7. The molecule has 0 aliphatic rings. The number of rotatable bonds is 8. The number of hydrogen-bond donors (Lipinski definition) is 0. The quantitative estimate of drug-likeness (QED) is 0.386. The van der Waals surface area contributed by atoms with Gasteiger partial charge >= 0.3 is 0 Å². The van der Waals surface area contributed by atoms with Gasteiger partial charge in [0.2, 0.25) is 0 Å². The van der Waals surface area contributed by atoms with Crippen LogP contribution in [0.2, 0.25) is 0 Å². The first-order chi connectivity index (χ1) is 16.0. The highest BCUT2D eigenvalue weighted by molar-refractivity contribution is 7.10. The Hall–Kier alpha value is -3.56. The van der Waals surface area contributed by atoms with Crippen molar-refractivity contribution in [1.29, 1.82) is 0 Å². The van der Waals surface area contributed by atoms with E-state index >= 15 is 0 Å². The van der Waals surface area contributed by atoms with E-state index in [1.807, 2.05) is 54.8 Å². The molecule has 0 N–H and O–H groups in total. The molecule has 0 saturated heterocycles. The minimum atomic E-state index is -0.143. The first kappa shape index (κ1) is 22.6. The molecule has 0 radical (unpaired) electrons. The summed E-state index contributed by atoms with van der Waals surface area (Å²) in [6, 6.07) is 13.4. The van der Waals surface area contributed by atoms with Crippen LogP contribution < -0.4 is 4.74 Å². The highest BCUT2D eigenvalue weighted by Gasteiger charge is 2.26. The van der Waals surface area contributed by atoms with Crippen LogP contribution in [0.3, 0.4) is 0 Å². The number of carbonyl (C=O) groups is 1. The molecule has 3 heterocycles. The Labute approximate surface area is 196 Å². The molecule has 4 aromatic rings. The molecule has 0 aliphatic heterocycles. The number of nitrogens with zero attached hydrogens (tertiary/aromatic N) is 5. The SMILES string of the molecule is COCc1c(C(=O)N(C)[C@H](C)c2cccs2)cnn1-c1nccc(-c2ccccc2OC)n1. The van der Waals surface area contributed by atoms with E-state index in [4.69, 9.17) is 9.47 Å². The van der Waals surface area contributed by atoms with Crippen molar-refractivity contribution in [3.63, 3.8) is 0 Å². The molecule has 1 amide bonds. The summed E-state index contributed by atoms with van der Waals surface area (Å²) in [4.78, 5) is 25.3. The minimum Gasteiger partial charge on any atom is -0.496 e. The maximum Gasteiger partial charge on any atom is 0.257 e. The molecule has 0 spiro atoms. The zero-order valence-corrected chi connectivity index (χ0v) is 19.7. The summed E-state index contributed by atoms with van der Waals surface area (Å²) < 4.78 is 12.4. The lowest BCUT2D eigenvalue weighted by molar-refractivity contribution is 0.0739. The van der Waals surface area contributed by atoms with E-state index in [1.165, 1.54) is 0 Å². The van der Waals surface area contributed by atoms with Gasteiger partial charge in [-0.15, -0.1) is 11.3 Å². The number of thiophene rings is 1. The molecular formula is C24H25N5O3S. The number of carbonyl (C=O) groups excluding carboxylic acids is 1.